The summed E-state index contributed by atoms with van der Waals surface area (Å²) in [6.45, 7) is 1.85. The Balaban J connectivity index is 2.16. The van der Waals surface area contributed by atoms with Gasteiger partial charge in [0.05, 0.1) is 11.7 Å². The van der Waals surface area contributed by atoms with Gasteiger partial charge in [0.1, 0.15) is 0 Å². The van der Waals surface area contributed by atoms with Crippen LogP contribution in [0.15, 0.2) is 42.5 Å². The molecule has 0 saturated heterocycles. The van der Waals surface area contributed by atoms with Crippen LogP contribution in [0.3, 0.4) is 0 Å². The van der Waals surface area contributed by atoms with Crippen molar-refractivity contribution >= 4 is 11.6 Å². The Hall–Kier alpha value is -1.52. The van der Waals surface area contributed by atoms with Gasteiger partial charge in [0.25, 0.3) is 0 Å². The predicted octanol–water partition coefficient (Wildman–Crippen LogP) is 4.94. The van der Waals surface area contributed by atoms with Crippen LogP contribution in [0.1, 0.15) is 28.4 Å². The lowest BCUT2D eigenvalue weighted by molar-refractivity contribution is -0.137. The summed E-state index contributed by atoms with van der Waals surface area (Å²) in [7, 11) is 0. The van der Waals surface area contributed by atoms with Crippen molar-refractivity contribution in [1.82, 2.24) is 0 Å². The third-order valence-corrected chi connectivity index (χ3v) is 3.55. The second-order valence-electron chi connectivity index (χ2n) is 4.92. The van der Waals surface area contributed by atoms with E-state index in [0.717, 1.165) is 17.7 Å². The van der Waals surface area contributed by atoms with E-state index < -0.39 is 17.8 Å². The van der Waals surface area contributed by atoms with E-state index in [4.69, 9.17) is 11.6 Å². The first-order chi connectivity index (χ1) is 9.77. The van der Waals surface area contributed by atoms with E-state index in [2.05, 4.69) is 0 Å². The van der Waals surface area contributed by atoms with E-state index in [9.17, 15) is 18.3 Å². The largest absolute Gasteiger partial charge is 0.416 e. The van der Waals surface area contributed by atoms with Gasteiger partial charge in [-0.15, -0.1) is 0 Å². The fraction of sp³-hybridized carbons (Fsp3) is 0.250. The molecule has 5 heteroatoms. The van der Waals surface area contributed by atoms with Gasteiger partial charge in [-0.2, -0.15) is 13.2 Å². The molecule has 0 bridgehead atoms. The summed E-state index contributed by atoms with van der Waals surface area (Å²) >= 11 is 5.90. The van der Waals surface area contributed by atoms with Crippen LogP contribution in [0, 0.1) is 6.92 Å². The molecule has 21 heavy (non-hydrogen) atoms. The molecule has 2 aromatic carbocycles. The Labute approximate surface area is 126 Å². The molecule has 0 heterocycles. The molecule has 1 N–H and O–H groups in total. The molecule has 0 aliphatic heterocycles. The van der Waals surface area contributed by atoms with E-state index in [1.807, 2.05) is 6.92 Å². The molecule has 2 aromatic rings. The Morgan fingerprint density at radius 1 is 1.10 bits per heavy atom. The molecule has 0 radical (unpaired) electrons. The van der Waals surface area contributed by atoms with Crippen molar-refractivity contribution in [3.05, 3.63) is 69.7 Å². The smallest absolute Gasteiger partial charge is 0.388 e. The first-order valence-corrected chi connectivity index (χ1v) is 6.75. The van der Waals surface area contributed by atoms with Gasteiger partial charge in [-0.1, -0.05) is 29.8 Å². The first-order valence-electron chi connectivity index (χ1n) is 6.37. The Kier molecular flexibility index (Phi) is 4.59. The minimum absolute atomic E-state index is 0.235. The van der Waals surface area contributed by atoms with Crippen LogP contribution < -0.4 is 0 Å². The average molecular weight is 315 g/mol. The number of hydrogen-bond acceptors (Lipinski definition) is 1. The van der Waals surface area contributed by atoms with Gasteiger partial charge in [0.2, 0.25) is 0 Å². The van der Waals surface area contributed by atoms with Gasteiger partial charge < -0.3 is 5.11 Å². The van der Waals surface area contributed by atoms with Crippen molar-refractivity contribution < 1.29 is 18.3 Å². The zero-order chi connectivity index (χ0) is 15.6. The number of aliphatic hydroxyl groups excluding tert-OH is 1. The minimum atomic E-state index is -4.35. The zero-order valence-corrected chi connectivity index (χ0v) is 12.0. The Morgan fingerprint density at radius 2 is 1.71 bits per heavy atom. The predicted molar refractivity (Wildman–Crippen MR) is 76.3 cm³/mol. The van der Waals surface area contributed by atoms with Gasteiger partial charge in [0, 0.05) is 11.4 Å². The highest BCUT2D eigenvalue weighted by Gasteiger charge is 2.30. The second kappa shape index (κ2) is 6.08. The van der Waals surface area contributed by atoms with Crippen LogP contribution in [0.2, 0.25) is 5.02 Å². The Morgan fingerprint density at radius 3 is 2.29 bits per heavy atom. The number of aryl methyl sites for hydroxylation is 1. The van der Waals surface area contributed by atoms with Crippen LogP contribution >= 0.6 is 11.6 Å². The molecule has 0 amide bonds. The topological polar surface area (TPSA) is 20.2 Å². The lowest BCUT2D eigenvalue weighted by atomic mass is 9.97. The van der Waals surface area contributed by atoms with Crippen molar-refractivity contribution in [2.45, 2.75) is 25.6 Å². The van der Waals surface area contributed by atoms with Crippen LogP contribution in [0.25, 0.3) is 0 Å². The third kappa shape index (κ3) is 3.99. The maximum Gasteiger partial charge on any atom is 0.416 e. The van der Waals surface area contributed by atoms with E-state index in [0.29, 0.717) is 16.1 Å². The molecule has 0 fully saturated rings. The Bertz CT molecular complexity index is 620. The molecule has 0 aliphatic rings. The monoisotopic (exact) mass is 314 g/mol. The molecular formula is C16H14ClF3O. The number of alkyl halides is 3. The number of rotatable bonds is 3. The molecule has 2 rings (SSSR count). The molecule has 1 atom stereocenters. The third-order valence-electron chi connectivity index (χ3n) is 3.31. The number of halogens is 4. The second-order valence-corrected chi connectivity index (χ2v) is 5.35. The fourth-order valence-electron chi connectivity index (χ4n) is 2.13. The van der Waals surface area contributed by atoms with Crippen LogP contribution in [0.4, 0.5) is 13.2 Å². The summed E-state index contributed by atoms with van der Waals surface area (Å²) in [5, 5.41) is 10.7. The van der Waals surface area contributed by atoms with Gasteiger partial charge in [0.15, 0.2) is 0 Å². The summed E-state index contributed by atoms with van der Waals surface area (Å²) in [6, 6.07) is 10.0. The van der Waals surface area contributed by atoms with E-state index >= 15 is 0 Å². The lowest BCUT2D eigenvalue weighted by Crippen LogP contribution is -2.06. The number of hydrogen-bond donors (Lipinski definition) is 1. The van der Waals surface area contributed by atoms with Crippen molar-refractivity contribution in [2.75, 3.05) is 0 Å². The molecule has 0 aromatic heterocycles. The molecule has 1 nitrogen and oxygen atoms in total. The quantitative estimate of drug-likeness (QED) is 0.850. The number of benzene rings is 2. The van der Waals surface area contributed by atoms with Gasteiger partial charge >= 0.3 is 6.18 Å². The van der Waals surface area contributed by atoms with Gasteiger partial charge in [-0.25, -0.2) is 0 Å². The number of aliphatic hydroxyl groups is 1. The SMILES string of the molecule is Cc1ccc(Cl)cc1C(O)Cc1ccc(C(F)(F)F)cc1. The van der Waals surface area contributed by atoms with Crippen molar-refractivity contribution in [1.29, 1.82) is 0 Å². The van der Waals surface area contributed by atoms with Crippen molar-refractivity contribution in [3.63, 3.8) is 0 Å². The summed E-state index contributed by atoms with van der Waals surface area (Å²) in [5.41, 5.74) is 1.51. The van der Waals surface area contributed by atoms with Gasteiger partial charge in [-0.05, 0) is 47.9 Å². The highest BCUT2D eigenvalue weighted by molar-refractivity contribution is 6.30. The highest BCUT2D eigenvalue weighted by atomic mass is 35.5. The molecular weight excluding hydrogens is 301 g/mol. The standard InChI is InChI=1S/C16H14ClF3O/c1-10-2-7-13(17)9-14(10)15(21)8-11-3-5-12(6-4-11)16(18,19)20/h2-7,9,15,21H,8H2,1H3. The van der Waals surface area contributed by atoms with Crippen LogP contribution in [0.5, 0.6) is 0 Å². The summed E-state index contributed by atoms with van der Waals surface area (Å²) < 4.78 is 37.4. The summed E-state index contributed by atoms with van der Waals surface area (Å²) in [6.07, 6.45) is -4.92. The fourth-order valence-corrected chi connectivity index (χ4v) is 2.31. The average Bonchev–Trinajstić information content (AvgIpc) is 2.41. The van der Waals surface area contributed by atoms with E-state index in [-0.39, 0.29) is 6.42 Å². The molecule has 112 valence electrons. The van der Waals surface area contributed by atoms with Crippen LogP contribution in [-0.4, -0.2) is 5.11 Å². The molecule has 1 unspecified atom stereocenters. The lowest BCUT2D eigenvalue weighted by Gasteiger charge is -2.15. The molecule has 0 saturated carbocycles. The molecule has 0 aliphatic carbocycles. The van der Waals surface area contributed by atoms with Crippen LogP contribution in [-0.2, 0) is 12.6 Å². The minimum Gasteiger partial charge on any atom is -0.388 e. The maximum absolute atomic E-state index is 12.5. The first kappa shape index (κ1) is 15.9. The normalized spacial score (nSPS) is 13.2. The maximum atomic E-state index is 12.5. The summed E-state index contributed by atoms with van der Waals surface area (Å²) in [4.78, 5) is 0. The van der Waals surface area contributed by atoms with Crippen molar-refractivity contribution in [2.24, 2.45) is 0 Å². The summed E-state index contributed by atoms with van der Waals surface area (Å²) in [5.74, 6) is 0. The van der Waals surface area contributed by atoms with Crippen molar-refractivity contribution in [3.8, 4) is 0 Å². The highest BCUT2D eigenvalue weighted by Crippen LogP contribution is 2.30. The van der Waals surface area contributed by atoms with E-state index in [1.54, 1.807) is 18.2 Å². The zero-order valence-electron chi connectivity index (χ0n) is 11.3. The van der Waals surface area contributed by atoms with E-state index in [1.165, 1.54) is 12.1 Å². The molecule has 0 spiro atoms. The van der Waals surface area contributed by atoms with Gasteiger partial charge in [-0.3, -0.25) is 0 Å².